The summed E-state index contributed by atoms with van der Waals surface area (Å²) in [6.07, 6.45) is 2.32. The quantitative estimate of drug-likeness (QED) is 0.439. The number of aryl methyl sites for hydroxylation is 2. The van der Waals surface area contributed by atoms with E-state index < -0.39 is 23.8 Å². The van der Waals surface area contributed by atoms with Crippen molar-refractivity contribution in [3.8, 4) is 0 Å². The molecule has 0 bridgehead atoms. The third kappa shape index (κ3) is 8.65. The number of rotatable bonds is 11. The van der Waals surface area contributed by atoms with Gasteiger partial charge in [0.2, 0.25) is 11.8 Å². The van der Waals surface area contributed by atoms with Crippen molar-refractivity contribution in [2.45, 2.75) is 99.3 Å². The molecule has 192 valence electrons. The van der Waals surface area contributed by atoms with Gasteiger partial charge in [-0.1, -0.05) is 51.8 Å². The zero-order valence-electron chi connectivity index (χ0n) is 22.6. The van der Waals surface area contributed by atoms with Gasteiger partial charge in [-0.2, -0.15) is 0 Å². The minimum atomic E-state index is -0.825. The number of carbonyl (C=O) groups excluding carboxylic acids is 3. The van der Waals surface area contributed by atoms with E-state index in [0.717, 1.165) is 36.0 Å². The Balaban J connectivity index is 3.36. The molecule has 1 aromatic rings. The molecule has 2 N–H and O–H groups in total. The fraction of sp³-hybridized carbons (Fsp3) is 0.667. The predicted octanol–water partition coefficient (Wildman–Crippen LogP) is 5.05. The Morgan fingerprint density at radius 2 is 1.62 bits per heavy atom. The summed E-state index contributed by atoms with van der Waals surface area (Å²) in [6, 6.07) is 4.24. The highest BCUT2D eigenvalue weighted by molar-refractivity contribution is 5.92. The number of carbonyl (C=O) groups is 3. The maximum absolute atomic E-state index is 13.8. The molecule has 34 heavy (non-hydrogen) atoms. The van der Waals surface area contributed by atoms with Crippen LogP contribution in [0.15, 0.2) is 18.2 Å². The van der Waals surface area contributed by atoms with Crippen molar-refractivity contribution < 1.29 is 19.1 Å². The molecular weight excluding hydrogens is 430 g/mol. The Labute approximate surface area is 206 Å². The molecule has 0 heterocycles. The molecule has 7 heteroatoms. The maximum Gasteiger partial charge on any atom is 0.408 e. The summed E-state index contributed by atoms with van der Waals surface area (Å²) in [7, 11) is 0. The summed E-state index contributed by atoms with van der Waals surface area (Å²) in [4.78, 5) is 41.4. The van der Waals surface area contributed by atoms with Gasteiger partial charge in [0.1, 0.15) is 17.7 Å². The lowest BCUT2D eigenvalue weighted by atomic mass is 9.92. The lowest BCUT2D eigenvalue weighted by molar-refractivity contribution is -0.143. The minimum absolute atomic E-state index is 0.194. The van der Waals surface area contributed by atoms with E-state index in [1.807, 2.05) is 52.8 Å². The van der Waals surface area contributed by atoms with Crippen LogP contribution in [0.2, 0.25) is 0 Å². The zero-order valence-corrected chi connectivity index (χ0v) is 22.6. The second-order valence-corrected chi connectivity index (χ2v) is 10.2. The van der Waals surface area contributed by atoms with E-state index in [4.69, 9.17) is 4.74 Å². The average molecular weight is 476 g/mol. The van der Waals surface area contributed by atoms with E-state index in [0.29, 0.717) is 13.1 Å². The van der Waals surface area contributed by atoms with Crippen LogP contribution in [0.5, 0.6) is 0 Å². The van der Waals surface area contributed by atoms with Crippen LogP contribution >= 0.6 is 0 Å². The molecule has 0 radical (unpaired) electrons. The third-order valence-corrected chi connectivity index (χ3v) is 5.68. The first-order chi connectivity index (χ1) is 15.8. The van der Waals surface area contributed by atoms with E-state index >= 15 is 0 Å². The van der Waals surface area contributed by atoms with Crippen LogP contribution in [0.3, 0.4) is 0 Å². The molecule has 0 saturated heterocycles. The summed E-state index contributed by atoms with van der Waals surface area (Å²) in [5, 5.41) is 5.77. The number of unbranched alkanes of at least 4 members (excludes halogenated alkanes) is 2. The largest absolute Gasteiger partial charge is 0.444 e. The zero-order chi connectivity index (χ0) is 26.1. The van der Waals surface area contributed by atoms with Crippen molar-refractivity contribution in [3.63, 3.8) is 0 Å². The van der Waals surface area contributed by atoms with Crippen LogP contribution in [0.25, 0.3) is 0 Å². The van der Waals surface area contributed by atoms with Crippen LogP contribution in [0, 0.1) is 19.8 Å². The summed E-state index contributed by atoms with van der Waals surface area (Å²) < 4.78 is 5.39. The minimum Gasteiger partial charge on any atom is -0.444 e. The molecule has 0 aliphatic heterocycles. The number of hydrogen-bond acceptors (Lipinski definition) is 4. The number of nitrogens with zero attached hydrogens (tertiary/aromatic N) is 1. The third-order valence-electron chi connectivity index (χ3n) is 5.68. The molecule has 0 aliphatic carbocycles. The van der Waals surface area contributed by atoms with Gasteiger partial charge in [0.05, 0.1) is 0 Å². The van der Waals surface area contributed by atoms with Crippen LogP contribution in [-0.4, -0.2) is 47.5 Å². The highest BCUT2D eigenvalue weighted by Gasteiger charge is 2.37. The van der Waals surface area contributed by atoms with Crippen LogP contribution in [0.1, 0.15) is 90.5 Å². The Hall–Kier alpha value is -2.57. The molecule has 3 amide bonds. The van der Waals surface area contributed by atoms with Gasteiger partial charge in [-0.05, 0) is 70.6 Å². The van der Waals surface area contributed by atoms with Gasteiger partial charge in [0, 0.05) is 13.1 Å². The fourth-order valence-electron chi connectivity index (χ4n) is 3.96. The summed E-state index contributed by atoms with van der Waals surface area (Å²) in [6.45, 7) is 17.8. The SMILES string of the molecule is CCCCCNC(=O)C(c1c(C)cccc1C)N(CC)C(=O)C(NC(=O)OC(C)(C)C)C(C)C. The van der Waals surface area contributed by atoms with Crippen molar-refractivity contribution in [2.75, 3.05) is 13.1 Å². The number of hydrogen-bond donors (Lipinski definition) is 2. The fourth-order valence-corrected chi connectivity index (χ4v) is 3.96. The number of ether oxygens (including phenoxy) is 1. The predicted molar refractivity (Wildman–Crippen MR) is 137 cm³/mol. The highest BCUT2D eigenvalue weighted by atomic mass is 16.6. The molecule has 0 spiro atoms. The van der Waals surface area contributed by atoms with Gasteiger partial charge < -0.3 is 20.3 Å². The monoisotopic (exact) mass is 475 g/mol. The first kappa shape index (κ1) is 29.5. The van der Waals surface area contributed by atoms with Gasteiger partial charge >= 0.3 is 6.09 Å². The molecule has 2 unspecified atom stereocenters. The normalized spacial score (nSPS) is 13.2. The van der Waals surface area contributed by atoms with Gasteiger partial charge in [0.25, 0.3) is 0 Å². The number of likely N-dealkylation sites (N-methyl/N-ethyl adjacent to an activating group) is 1. The van der Waals surface area contributed by atoms with Crippen molar-refractivity contribution in [1.82, 2.24) is 15.5 Å². The van der Waals surface area contributed by atoms with Crippen molar-refractivity contribution in [3.05, 3.63) is 34.9 Å². The first-order valence-corrected chi connectivity index (χ1v) is 12.5. The molecule has 2 atom stereocenters. The van der Waals surface area contributed by atoms with Crippen LogP contribution < -0.4 is 10.6 Å². The van der Waals surface area contributed by atoms with Crippen molar-refractivity contribution >= 4 is 17.9 Å². The van der Waals surface area contributed by atoms with E-state index in [-0.39, 0.29) is 17.7 Å². The topological polar surface area (TPSA) is 87.7 Å². The van der Waals surface area contributed by atoms with Crippen LogP contribution in [-0.2, 0) is 14.3 Å². The smallest absolute Gasteiger partial charge is 0.408 e. The van der Waals surface area contributed by atoms with Gasteiger partial charge in [0.15, 0.2) is 0 Å². The highest BCUT2D eigenvalue weighted by Crippen LogP contribution is 2.29. The first-order valence-electron chi connectivity index (χ1n) is 12.5. The van der Waals surface area contributed by atoms with Gasteiger partial charge in [-0.25, -0.2) is 4.79 Å². The summed E-state index contributed by atoms with van der Waals surface area (Å²) in [5.41, 5.74) is 2.03. The van der Waals surface area contributed by atoms with Crippen molar-refractivity contribution in [1.29, 1.82) is 0 Å². The second kappa shape index (κ2) is 13.4. The molecule has 0 fully saturated rings. The lowest BCUT2D eigenvalue weighted by Gasteiger charge is -2.36. The molecule has 1 rings (SSSR count). The van der Waals surface area contributed by atoms with Crippen LogP contribution in [0.4, 0.5) is 4.79 Å². The Morgan fingerprint density at radius 1 is 1.03 bits per heavy atom. The molecule has 1 aromatic carbocycles. The number of benzene rings is 1. The standard InChI is InChI=1S/C27H45N3O4/c1-10-12-13-17-28-24(31)23(21-19(5)15-14-16-20(21)6)30(11-2)25(32)22(18(3)4)29-26(33)34-27(7,8)9/h14-16,18,22-23H,10-13,17H2,1-9H3,(H,28,31)(H,29,33). The molecular formula is C27H45N3O4. The molecule has 7 nitrogen and oxygen atoms in total. The molecule has 0 aromatic heterocycles. The number of amides is 3. The lowest BCUT2D eigenvalue weighted by Crippen LogP contribution is -2.55. The van der Waals surface area contributed by atoms with Gasteiger partial charge in [-0.15, -0.1) is 0 Å². The number of nitrogens with one attached hydrogen (secondary N) is 2. The summed E-state index contributed by atoms with van der Waals surface area (Å²) >= 11 is 0. The van der Waals surface area contributed by atoms with E-state index in [1.165, 1.54) is 0 Å². The maximum atomic E-state index is 13.8. The van der Waals surface area contributed by atoms with Crippen molar-refractivity contribution in [2.24, 2.45) is 5.92 Å². The Morgan fingerprint density at radius 3 is 2.09 bits per heavy atom. The Bertz CT molecular complexity index is 809. The Kier molecular flexibility index (Phi) is 11.6. The number of alkyl carbamates (subject to hydrolysis) is 1. The van der Waals surface area contributed by atoms with E-state index in [9.17, 15) is 14.4 Å². The molecule has 0 aliphatic rings. The van der Waals surface area contributed by atoms with E-state index in [1.54, 1.807) is 25.7 Å². The average Bonchev–Trinajstić information content (AvgIpc) is 2.72. The van der Waals surface area contributed by atoms with Gasteiger partial charge in [-0.3, -0.25) is 9.59 Å². The summed E-state index contributed by atoms with van der Waals surface area (Å²) in [5.74, 6) is -0.705. The van der Waals surface area contributed by atoms with E-state index in [2.05, 4.69) is 17.6 Å². The second-order valence-electron chi connectivity index (χ2n) is 10.2. The molecule has 0 saturated carbocycles.